The summed E-state index contributed by atoms with van der Waals surface area (Å²) in [6.07, 6.45) is 1.57. The van der Waals surface area contributed by atoms with E-state index in [0.29, 0.717) is 41.8 Å². The van der Waals surface area contributed by atoms with Crippen LogP contribution in [-0.4, -0.2) is 46.0 Å². The minimum Gasteiger partial charge on any atom is -0.493 e. The third kappa shape index (κ3) is 6.19. The van der Waals surface area contributed by atoms with Gasteiger partial charge >= 0.3 is 12.6 Å². The summed E-state index contributed by atoms with van der Waals surface area (Å²) in [5.41, 5.74) is 3.99. The maximum absolute atomic E-state index is 13.2. The number of aliphatic imine (C=N–C) groups is 1. The largest absolute Gasteiger partial charge is 0.493 e. The molecule has 3 atom stereocenters. The second-order valence-corrected chi connectivity index (χ2v) is 11.8. The summed E-state index contributed by atoms with van der Waals surface area (Å²) in [4.78, 5) is 16.8. The molecule has 1 saturated carbocycles. The Bertz CT molecular complexity index is 1570. The number of halogens is 2. The molecule has 1 fully saturated rings. The molecule has 5 rings (SSSR count). The molecule has 1 heterocycles. The van der Waals surface area contributed by atoms with Crippen molar-refractivity contribution in [3.8, 4) is 11.5 Å². The zero-order chi connectivity index (χ0) is 29.3. The van der Waals surface area contributed by atoms with Crippen LogP contribution in [0.15, 0.2) is 70.6 Å². The van der Waals surface area contributed by atoms with Gasteiger partial charge in [-0.15, -0.1) is 0 Å². The number of rotatable bonds is 8. The smallest absolute Gasteiger partial charge is 0.387 e. The van der Waals surface area contributed by atoms with Gasteiger partial charge in [0.2, 0.25) is 0 Å². The topological polar surface area (TPSA) is 103 Å². The highest BCUT2D eigenvalue weighted by Crippen LogP contribution is 2.45. The van der Waals surface area contributed by atoms with Gasteiger partial charge in [0.05, 0.1) is 23.8 Å². The Balaban J connectivity index is 1.50. The highest BCUT2D eigenvalue weighted by atomic mass is 32.2. The van der Waals surface area contributed by atoms with Gasteiger partial charge in [0.1, 0.15) is 6.10 Å². The number of sulfonamides is 1. The number of ether oxygens (including phenoxy) is 3. The Hall–Kier alpha value is -3.99. The molecule has 216 valence electrons. The Kier molecular flexibility index (Phi) is 7.99. The van der Waals surface area contributed by atoms with Crippen molar-refractivity contribution < 1.29 is 36.2 Å². The van der Waals surface area contributed by atoms with E-state index >= 15 is 0 Å². The highest BCUT2D eigenvalue weighted by molar-refractivity contribution is 7.92. The number of hydrogen-bond donors (Lipinski definition) is 1. The van der Waals surface area contributed by atoms with Gasteiger partial charge < -0.3 is 14.2 Å². The number of esters is 1. The van der Waals surface area contributed by atoms with E-state index in [4.69, 9.17) is 19.2 Å². The fourth-order valence-electron chi connectivity index (χ4n) is 5.47. The number of benzene rings is 3. The van der Waals surface area contributed by atoms with Gasteiger partial charge in [-0.2, -0.15) is 8.78 Å². The third-order valence-corrected chi connectivity index (χ3v) is 8.74. The van der Waals surface area contributed by atoms with Crippen LogP contribution in [0.3, 0.4) is 0 Å². The fourth-order valence-corrected chi connectivity index (χ4v) is 6.53. The lowest BCUT2D eigenvalue weighted by molar-refractivity contribution is -0.148. The number of nitrogens with zero attached hydrogens (tertiary/aromatic N) is 1. The molecule has 3 aromatic carbocycles. The van der Waals surface area contributed by atoms with E-state index in [1.54, 1.807) is 54.6 Å². The van der Waals surface area contributed by atoms with E-state index in [2.05, 4.69) is 4.72 Å². The normalized spacial score (nSPS) is 20.0. The van der Waals surface area contributed by atoms with Crippen LogP contribution in [0.1, 0.15) is 54.4 Å². The van der Waals surface area contributed by atoms with Crippen molar-refractivity contribution >= 4 is 27.4 Å². The van der Waals surface area contributed by atoms with Crippen molar-refractivity contribution in [2.24, 2.45) is 4.99 Å². The SMILES string of the molecule is COc1cc2c(cc1OC(F)F)C(c1ccc(NS(=O)(=O)c3ccc(C)cc3)cc1)=NC1CCC(OC(C)=O)CC21. The Labute approximate surface area is 237 Å². The van der Waals surface area contributed by atoms with E-state index in [-0.39, 0.29) is 40.4 Å². The molecule has 8 nitrogen and oxygen atoms in total. The average molecular weight is 585 g/mol. The van der Waals surface area contributed by atoms with Crippen LogP contribution < -0.4 is 14.2 Å². The minimum absolute atomic E-state index is 0.123. The van der Waals surface area contributed by atoms with E-state index in [0.717, 1.165) is 11.1 Å². The molecule has 0 aromatic heterocycles. The third-order valence-electron chi connectivity index (χ3n) is 7.34. The molecule has 11 heteroatoms. The molecule has 1 aliphatic carbocycles. The number of anilines is 1. The molecule has 41 heavy (non-hydrogen) atoms. The zero-order valence-corrected chi connectivity index (χ0v) is 23.6. The molecular weight excluding hydrogens is 554 g/mol. The molecule has 0 radical (unpaired) electrons. The molecule has 3 unspecified atom stereocenters. The molecule has 1 N–H and O–H groups in total. The van der Waals surface area contributed by atoms with Gasteiger partial charge in [-0.1, -0.05) is 29.8 Å². The van der Waals surface area contributed by atoms with Gasteiger partial charge in [0, 0.05) is 29.7 Å². The van der Waals surface area contributed by atoms with Crippen LogP contribution >= 0.6 is 0 Å². The molecule has 0 bridgehead atoms. The van der Waals surface area contributed by atoms with E-state index in [1.807, 2.05) is 6.92 Å². The van der Waals surface area contributed by atoms with Crippen LogP contribution in [-0.2, 0) is 19.6 Å². The second kappa shape index (κ2) is 11.5. The summed E-state index contributed by atoms with van der Waals surface area (Å²) in [5.74, 6) is -0.436. The van der Waals surface area contributed by atoms with Crippen molar-refractivity contribution in [3.05, 3.63) is 82.9 Å². The first-order valence-electron chi connectivity index (χ1n) is 13.2. The van der Waals surface area contributed by atoms with Crippen molar-refractivity contribution in [2.45, 2.75) is 62.7 Å². The predicted octanol–water partition coefficient (Wildman–Crippen LogP) is 5.82. The predicted molar refractivity (Wildman–Crippen MR) is 150 cm³/mol. The van der Waals surface area contributed by atoms with Gasteiger partial charge in [-0.3, -0.25) is 14.5 Å². The first-order chi connectivity index (χ1) is 19.5. The fraction of sp³-hybridized carbons (Fsp3) is 0.333. The van der Waals surface area contributed by atoms with Crippen LogP contribution in [0.5, 0.6) is 11.5 Å². The van der Waals surface area contributed by atoms with Gasteiger partial charge in [-0.05, 0) is 68.1 Å². The van der Waals surface area contributed by atoms with Crippen LogP contribution in [0, 0.1) is 6.92 Å². The number of carbonyl (C=O) groups is 1. The number of aryl methyl sites for hydroxylation is 1. The van der Waals surface area contributed by atoms with E-state index in [9.17, 15) is 22.0 Å². The monoisotopic (exact) mass is 584 g/mol. The Morgan fingerprint density at radius 2 is 1.73 bits per heavy atom. The van der Waals surface area contributed by atoms with Crippen LogP contribution in [0.25, 0.3) is 0 Å². The van der Waals surface area contributed by atoms with Crippen molar-refractivity contribution in [2.75, 3.05) is 11.8 Å². The molecule has 0 amide bonds. The number of nitrogens with one attached hydrogen (secondary N) is 1. The maximum Gasteiger partial charge on any atom is 0.387 e. The van der Waals surface area contributed by atoms with Gasteiger partial charge in [0.25, 0.3) is 10.0 Å². The summed E-state index contributed by atoms with van der Waals surface area (Å²) in [6.45, 7) is 0.197. The second-order valence-electron chi connectivity index (χ2n) is 10.2. The Morgan fingerprint density at radius 1 is 1.02 bits per heavy atom. The summed E-state index contributed by atoms with van der Waals surface area (Å²) in [6, 6.07) is 16.3. The molecular formula is C30H30F2N2O6S. The van der Waals surface area contributed by atoms with E-state index < -0.39 is 16.6 Å². The lowest BCUT2D eigenvalue weighted by Crippen LogP contribution is -2.36. The van der Waals surface area contributed by atoms with Crippen LogP contribution in [0.4, 0.5) is 14.5 Å². The standard InChI is InChI=1S/C30H30F2N2O6S/c1-17-4-11-22(12-5-17)41(36,37)34-20-8-6-19(7-9-20)29-25-16-28(40-30(31)32)27(38-3)15-23(25)24-14-21(39-18(2)35)10-13-26(24)33-29/h4-9,11-12,15-16,21,24,26,30,34H,10,13-14H2,1-3H3. The first kappa shape index (κ1) is 28.5. The zero-order valence-electron chi connectivity index (χ0n) is 22.8. The van der Waals surface area contributed by atoms with Crippen molar-refractivity contribution in [1.82, 2.24) is 0 Å². The molecule has 0 saturated heterocycles. The van der Waals surface area contributed by atoms with Crippen molar-refractivity contribution in [3.63, 3.8) is 0 Å². The molecule has 2 aliphatic rings. The summed E-state index contributed by atoms with van der Waals surface area (Å²) in [5, 5.41) is 0. The lowest BCUT2D eigenvalue weighted by atomic mass is 9.74. The molecule has 3 aromatic rings. The minimum atomic E-state index is -3.79. The number of fused-ring (bicyclic) bond motifs is 3. The quantitative estimate of drug-likeness (QED) is 0.335. The molecule has 0 spiro atoms. The highest BCUT2D eigenvalue weighted by Gasteiger charge is 2.39. The first-order valence-corrected chi connectivity index (χ1v) is 14.6. The maximum atomic E-state index is 13.2. The number of carbonyl (C=O) groups excluding carboxylic acids is 1. The Morgan fingerprint density at radius 3 is 2.37 bits per heavy atom. The summed E-state index contributed by atoms with van der Waals surface area (Å²) in [7, 11) is -2.41. The van der Waals surface area contributed by atoms with Gasteiger partial charge in [-0.25, -0.2) is 8.42 Å². The van der Waals surface area contributed by atoms with Gasteiger partial charge in [0.15, 0.2) is 11.5 Å². The summed E-state index contributed by atoms with van der Waals surface area (Å²) < 4.78 is 70.4. The average Bonchev–Trinajstić information content (AvgIpc) is 2.92. The number of alkyl halides is 2. The summed E-state index contributed by atoms with van der Waals surface area (Å²) >= 11 is 0. The van der Waals surface area contributed by atoms with Crippen molar-refractivity contribution in [1.29, 1.82) is 0 Å². The number of hydrogen-bond acceptors (Lipinski definition) is 7. The lowest BCUT2D eigenvalue weighted by Gasteiger charge is -2.38. The van der Waals surface area contributed by atoms with E-state index in [1.165, 1.54) is 20.1 Å². The molecule has 1 aliphatic heterocycles. The number of methoxy groups -OCH3 is 1. The van der Waals surface area contributed by atoms with Crippen LogP contribution in [0.2, 0.25) is 0 Å².